The number of carbonyl (C=O) groups excluding carboxylic acids is 1. The van der Waals surface area contributed by atoms with E-state index in [1.54, 1.807) is 0 Å². The van der Waals surface area contributed by atoms with E-state index in [0.29, 0.717) is 17.8 Å². The van der Waals surface area contributed by atoms with Gasteiger partial charge in [-0.2, -0.15) is 0 Å². The van der Waals surface area contributed by atoms with Crippen molar-refractivity contribution in [2.24, 2.45) is 0 Å². The van der Waals surface area contributed by atoms with Crippen LogP contribution in [0.4, 0.5) is 5.69 Å². The van der Waals surface area contributed by atoms with Crippen LogP contribution in [0, 0.1) is 0 Å². The molecular formula is C19H27N4O2P. The van der Waals surface area contributed by atoms with Crippen molar-refractivity contribution < 1.29 is 9.32 Å². The van der Waals surface area contributed by atoms with E-state index in [-0.39, 0.29) is 5.78 Å². The molecule has 6 nitrogen and oxygen atoms in total. The number of hydrogen-bond acceptors (Lipinski definition) is 6. The number of nitrogens with one attached hydrogen (secondary N) is 2. The molecule has 2 aliphatic rings. The van der Waals surface area contributed by atoms with Crippen molar-refractivity contribution in [3.63, 3.8) is 0 Å². The Labute approximate surface area is 156 Å². The van der Waals surface area contributed by atoms with Crippen LogP contribution in [0.15, 0.2) is 53.9 Å². The summed E-state index contributed by atoms with van der Waals surface area (Å²) in [7, 11) is 3.42. The molecular weight excluding hydrogens is 347 g/mol. The number of carbonyl (C=O) groups is 1. The minimum atomic E-state index is -0.751. The highest BCUT2D eigenvalue weighted by Crippen LogP contribution is 2.50. The summed E-state index contributed by atoms with van der Waals surface area (Å²) in [5.41, 5.74) is 2.38. The van der Waals surface area contributed by atoms with Gasteiger partial charge in [0, 0.05) is 30.9 Å². The molecule has 0 atom stereocenters. The summed E-state index contributed by atoms with van der Waals surface area (Å²) in [5, 5.41) is 6.54. The highest BCUT2D eigenvalue weighted by atomic mass is 31.2. The van der Waals surface area contributed by atoms with Crippen molar-refractivity contribution in [1.82, 2.24) is 14.7 Å². The lowest BCUT2D eigenvalue weighted by atomic mass is 9.92. The number of rotatable bonds is 7. The average Bonchev–Trinajstić information content (AvgIpc) is 2.93. The Morgan fingerprint density at radius 2 is 1.77 bits per heavy atom. The Morgan fingerprint density at radius 3 is 2.38 bits per heavy atom. The van der Waals surface area contributed by atoms with Gasteiger partial charge in [-0.25, -0.2) is 9.34 Å². The first-order chi connectivity index (χ1) is 12.3. The first-order valence-electron chi connectivity index (χ1n) is 8.74. The Kier molecular flexibility index (Phi) is 5.49. The second-order valence-electron chi connectivity index (χ2n) is 7.27. The fourth-order valence-corrected chi connectivity index (χ4v) is 4.68. The van der Waals surface area contributed by atoms with Crippen LogP contribution in [0.3, 0.4) is 0 Å². The molecule has 1 aliphatic carbocycles. The number of para-hydroxylation sites is 1. The molecule has 0 bridgehead atoms. The number of nitrogens with zero attached hydrogens (tertiary/aromatic N) is 2. The Hall–Kier alpha value is -1.72. The lowest BCUT2D eigenvalue weighted by Crippen LogP contribution is -2.43. The van der Waals surface area contributed by atoms with Crippen molar-refractivity contribution in [3.8, 4) is 0 Å². The van der Waals surface area contributed by atoms with E-state index in [4.69, 9.17) is 4.52 Å². The van der Waals surface area contributed by atoms with Crippen molar-refractivity contribution >= 4 is 19.9 Å². The van der Waals surface area contributed by atoms with Crippen LogP contribution < -0.4 is 10.6 Å². The number of ketones is 1. The second-order valence-corrected chi connectivity index (χ2v) is 9.32. The highest BCUT2D eigenvalue weighted by molar-refractivity contribution is 7.47. The van der Waals surface area contributed by atoms with Gasteiger partial charge in [-0.15, -0.1) is 0 Å². The maximum absolute atomic E-state index is 12.2. The monoisotopic (exact) mass is 374 g/mol. The van der Waals surface area contributed by atoms with Gasteiger partial charge in [0.25, 0.3) is 0 Å². The normalized spacial score (nSPS) is 19.8. The van der Waals surface area contributed by atoms with Crippen molar-refractivity contribution in [3.05, 3.63) is 53.9 Å². The minimum Gasteiger partial charge on any atom is -0.377 e. The fraction of sp³-hybridized carbons (Fsp3) is 0.421. The largest absolute Gasteiger partial charge is 0.377 e. The maximum Gasteiger partial charge on any atom is 0.212 e. The third-order valence-electron chi connectivity index (χ3n) is 4.45. The molecule has 0 aromatic heterocycles. The van der Waals surface area contributed by atoms with Crippen molar-refractivity contribution in [2.75, 3.05) is 39.0 Å². The van der Waals surface area contributed by atoms with Gasteiger partial charge < -0.3 is 15.2 Å². The van der Waals surface area contributed by atoms with Crippen molar-refractivity contribution in [2.45, 2.75) is 19.4 Å². The number of Topliss-reactive ketones (excluding diaryl/α,β-unsaturated/α-hetero) is 1. The van der Waals surface area contributed by atoms with Crippen LogP contribution in [0.5, 0.6) is 0 Å². The molecule has 7 heteroatoms. The molecule has 3 rings (SSSR count). The average molecular weight is 374 g/mol. The molecule has 0 radical (unpaired) electrons. The van der Waals surface area contributed by atoms with Gasteiger partial charge >= 0.3 is 0 Å². The molecule has 1 aromatic rings. The standard InChI is InChI=1S/C19H27N4O2P/c1-14-16(21-15-9-7-6-8-10-15)17(18(14)24)20-13-19(2,3)25-26-22(4)11-12-23(26)5/h6-10,20-21H,1,11-13H2,2-5H3. The number of anilines is 1. The Balaban J connectivity index is 1.64. The van der Waals surface area contributed by atoms with Crippen LogP contribution in [0.2, 0.25) is 0 Å². The molecule has 0 spiro atoms. The zero-order valence-corrected chi connectivity index (χ0v) is 16.8. The van der Waals surface area contributed by atoms with E-state index in [1.165, 1.54) is 0 Å². The molecule has 140 valence electrons. The summed E-state index contributed by atoms with van der Waals surface area (Å²) in [4.78, 5) is 12.2. The van der Waals surface area contributed by atoms with Gasteiger partial charge in [0.2, 0.25) is 5.78 Å². The molecule has 0 amide bonds. The molecule has 1 aromatic carbocycles. The predicted octanol–water partition coefficient (Wildman–Crippen LogP) is 2.94. The van der Waals surface area contributed by atoms with Crippen LogP contribution in [0.1, 0.15) is 13.8 Å². The van der Waals surface area contributed by atoms with Crippen LogP contribution in [-0.2, 0) is 9.32 Å². The van der Waals surface area contributed by atoms with Crippen LogP contribution in [-0.4, -0.2) is 54.5 Å². The number of allylic oxidation sites excluding steroid dienone is 2. The van der Waals surface area contributed by atoms with E-state index < -0.39 is 14.1 Å². The predicted molar refractivity (Wildman–Crippen MR) is 107 cm³/mol. The van der Waals surface area contributed by atoms with Gasteiger partial charge in [0.1, 0.15) is 5.70 Å². The Bertz CT molecular complexity index is 722. The lowest BCUT2D eigenvalue weighted by Gasteiger charge is -2.35. The highest BCUT2D eigenvalue weighted by Gasteiger charge is 2.36. The summed E-state index contributed by atoms with van der Waals surface area (Å²) >= 11 is 0. The third kappa shape index (κ3) is 3.99. The van der Waals surface area contributed by atoms with Gasteiger partial charge in [0.05, 0.1) is 11.3 Å². The summed E-state index contributed by atoms with van der Waals surface area (Å²) in [6.07, 6.45) is 0. The molecule has 26 heavy (non-hydrogen) atoms. The molecule has 2 N–H and O–H groups in total. The minimum absolute atomic E-state index is 0.0416. The lowest BCUT2D eigenvalue weighted by molar-refractivity contribution is -0.113. The summed E-state index contributed by atoms with van der Waals surface area (Å²) in [6, 6.07) is 9.78. The van der Waals surface area contributed by atoms with Gasteiger partial charge in [-0.05, 0) is 40.1 Å². The molecule has 1 aliphatic heterocycles. The quantitative estimate of drug-likeness (QED) is 0.565. The fourth-order valence-electron chi connectivity index (χ4n) is 2.85. The topological polar surface area (TPSA) is 56.8 Å². The molecule has 0 saturated carbocycles. The molecule has 0 unspecified atom stereocenters. The van der Waals surface area contributed by atoms with E-state index in [0.717, 1.165) is 24.5 Å². The zero-order chi connectivity index (χ0) is 18.9. The van der Waals surface area contributed by atoms with Crippen LogP contribution >= 0.6 is 8.45 Å². The van der Waals surface area contributed by atoms with Gasteiger partial charge in [-0.3, -0.25) is 4.79 Å². The summed E-state index contributed by atoms with van der Waals surface area (Å²) in [5.74, 6) is -0.0416. The number of benzene rings is 1. The van der Waals surface area contributed by atoms with Gasteiger partial charge in [-0.1, -0.05) is 24.8 Å². The third-order valence-corrected chi connectivity index (χ3v) is 6.67. The smallest absolute Gasteiger partial charge is 0.212 e. The SMILES string of the molecule is C=C1C(=O)C(NCC(C)(C)OP2N(C)CCN2C)=C1Nc1ccccc1. The zero-order valence-electron chi connectivity index (χ0n) is 15.9. The van der Waals surface area contributed by atoms with E-state index >= 15 is 0 Å². The van der Waals surface area contributed by atoms with E-state index in [1.807, 2.05) is 44.2 Å². The van der Waals surface area contributed by atoms with Crippen molar-refractivity contribution in [1.29, 1.82) is 0 Å². The first kappa shape index (κ1) is 19.1. The molecule has 1 saturated heterocycles. The Morgan fingerprint density at radius 1 is 1.15 bits per heavy atom. The van der Waals surface area contributed by atoms with E-state index in [9.17, 15) is 4.79 Å². The van der Waals surface area contributed by atoms with Crippen LogP contribution in [0.25, 0.3) is 0 Å². The summed E-state index contributed by atoms with van der Waals surface area (Å²) < 4.78 is 10.8. The number of likely N-dealkylation sites (N-methyl/N-ethyl adjacent to an activating group) is 2. The molecule has 1 heterocycles. The number of hydrogen-bond donors (Lipinski definition) is 2. The van der Waals surface area contributed by atoms with Gasteiger partial charge in [0.15, 0.2) is 8.45 Å². The summed E-state index contributed by atoms with van der Waals surface area (Å²) in [6.45, 7) is 10.5. The first-order valence-corrected chi connectivity index (χ1v) is 9.90. The molecule has 1 fully saturated rings. The maximum atomic E-state index is 12.2. The second kappa shape index (κ2) is 7.49. The van der Waals surface area contributed by atoms with E-state index in [2.05, 4.69) is 40.6 Å².